The molecule has 0 saturated heterocycles. The summed E-state index contributed by atoms with van der Waals surface area (Å²) >= 11 is 0. The van der Waals surface area contributed by atoms with Gasteiger partial charge in [-0.1, -0.05) is 27.7 Å². The van der Waals surface area contributed by atoms with E-state index in [1.165, 1.54) is 0 Å². The Labute approximate surface area is 103 Å². The normalized spacial score (nSPS) is 13.0. The second-order valence-corrected chi connectivity index (χ2v) is 5.34. The lowest BCUT2D eigenvalue weighted by atomic mass is 9.88. The molecule has 0 aromatic heterocycles. The zero-order chi connectivity index (χ0) is 13.5. The van der Waals surface area contributed by atoms with Gasteiger partial charge < -0.3 is 15.7 Å². The van der Waals surface area contributed by atoms with Gasteiger partial charge in [-0.2, -0.15) is 0 Å². The summed E-state index contributed by atoms with van der Waals surface area (Å²) in [6.07, 6.45) is 1.05. The Balaban J connectivity index is 4.03. The molecule has 0 fully saturated rings. The van der Waals surface area contributed by atoms with Crippen molar-refractivity contribution in [2.75, 3.05) is 13.2 Å². The van der Waals surface area contributed by atoms with Crippen LogP contribution in [0.5, 0.6) is 0 Å². The number of aliphatic hydroxyl groups excluding tert-OH is 1. The lowest BCUT2D eigenvalue weighted by Crippen LogP contribution is -2.44. The Hall–Kier alpha value is -1.10. The molecule has 17 heavy (non-hydrogen) atoms. The molecular weight excluding hydrogens is 220 g/mol. The summed E-state index contributed by atoms with van der Waals surface area (Å²) in [7, 11) is 0. The molecule has 0 aromatic rings. The van der Waals surface area contributed by atoms with E-state index in [0.717, 1.165) is 0 Å². The van der Waals surface area contributed by atoms with Crippen LogP contribution in [-0.4, -0.2) is 36.1 Å². The van der Waals surface area contributed by atoms with Crippen LogP contribution in [0.2, 0.25) is 0 Å². The van der Waals surface area contributed by atoms with Crippen molar-refractivity contribution >= 4 is 11.8 Å². The van der Waals surface area contributed by atoms with Crippen LogP contribution in [0.25, 0.3) is 0 Å². The number of nitrogens with one attached hydrogen (secondary N) is 2. The number of carbonyl (C=O) groups is 2. The molecule has 1 unspecified atom stereocenters. The van der Waals surface area contributed by atoms with Gasteiger partial charge >= 0.3 is 0 Å². The molecule has 100 valence electrons. The van der Waals surface area contributed by atoms with Crippen molar-refractivity contribution in [3.05, 3.63) is 0 Å². The standard InChI is InChI=1S/C12H24N2O3/c1-5-10(16)13-7-11(17)14-9(8-15)6-12(2,3)4/h9,15H,5-8H2,1-4H3,(H,13,16)(H,14,17). The average Bonchev–Trinajstić information content (AvgIpc) is 2.22. The molecule has 5 nitrogen and oxygen atoms in total. The fourth-order valence-corrected chi connectivity index (χ4v) is 1.48. The van der Waals surface area contributed by atoms with E-state index in [0.29, 0.717) is 12.8 Å². The average molecular weight is 244 g/mol. The van der Waals surface area contributed by atoms with Gasteiger partial charge in [-0.25, -0.2) is 0 Å². The van der Waals surface area contributed by atoms with E-state index < -0.39 is 0 Å². The molecule has 0 aliphatic heterocycles. The van der Waals surface area contributed by atoms with Crippen molar-refractivity contribution in [2.45, 2.75) is 46.6 Å². The van der Waals surface area contributed by atoms with Crippen LogP contribution in [0.1, 0.15) is 40.5 Å². The smallest absolute Gasteiger partial charge is 0.239 e. The highest BCUT2D eigenvalue weighted by atomic mass is 16.3. The minimum Gasteiger partial charge on any atom is -0.394 e. The van der Waals surface area contributed by atoms with Gasteiger partial charge in [0.25, 0.3) is 0 Å². The van der Waals surface area contributed by atoms with Crippen LogP contribution in [0, 0.1) is 5.41 Å². The Morgan fingerprint density at radius 3 is 2.24 bits per heavy atom. The Morgan fingerprint density at radius 2 is 1.82 bits per heavy atom. The number of aliphatic hydroxyl groups is 1. The van der Waals surface area contributed by atoms with Gasteiger partial charge in [0.1, 0.15) is 0 Å². The van der Waals surface area contributed by atoms with Crippen molar-refractivity contribution < 1.29 is 14.7 Å². The molecule has 2 amide bonds. The molecule has 0 spiro atoms. The Kier molecular flexibility index (Phi) is 6.80. The fourth-order valence-electron chi connectivity index (χ4n) is 1.48. The molecule has 1 atom stereocenters. The minimum atomic E-state index is -0.268. The SMILES string of the molecule is CCC(=O)NCC(=O)NC(CO)CC(C)(C)C. The van der Waals surface area contributed by atoms with E-state index in [9.17, 15) is 9.59 Å². The third-order valence-electron chi connectivity index (χ3n) is 2.21. The highest BCUT2D eigenvalue weighted by Gasteiger charge is 2.19. The highest BCUT2D eigenvalue weighted by molar-refractivity contribution is 5.84. The first kappa shape index (κ1) is 15.9. The number of rotatable bonds is 6. The summed E-state index contributed by atoms with van der Waals surface area (Å²) in [5.41, 5.74) is 0.0351. The quantitative estimate of drug-likeness (QED) is 0.634. The summed E-state index contributed by atoms with van der Waals surface area (Å²) < 4.78 is 0. The molecule has 0 rings (SSSR count). The highest BCUT2D eigenvalue weighted by Crippen LogP contribution is 2.20. The van der Waals surface area contributed by atoms with Gasteiger partial charge in [-0.15, -0.1) is 0 Å². The van der Waals surface area contributed by atoms with Crippen molar-refractivity contribution in [3.8, 4) is 0 Å². The maximum atomic E-state index is 11.5. The predicted octanol–water partition coefficient (Wildman–Crippen LogP) is 0.426. The van der Waals surface area contributed by atoms with Crippen molar-refractivity contribution in [1.82, 2.24) is 10.6 Å². The molecule has 0 radical (unpaired) electrons. The van der Waals surface area contributed by atoms with Gasteiger partial charge in [0, 0.05) is 6.42 Å². The number of hydrogen-bond donors (Lipinski definition) is 3. The monoisotopic (exact) mass is 244 g/mol. The molecule has 0 aliphatic carbocycles. The van der Waals surface area contributed by atoms with Crippen molar-refractivity contribution in [3.63, 3.8) is 0 Å². The lowest BCUT2D eigenvalue weighted by molar-refractivity contribution is -0.126. The zero-order valence-corrected chi connectivity index (χ0v) is 11.2. The minimum absolute atomic E-state index is 0.0344. The zero-order valence-electron chi connectivity index (χ0n) is 11.2. The summed E-state index contributed by atoms with van der Waals surface area (Å²) in [5.74, 6) is -0.424. The molecule has 0 bridgehead atoms. The third kappa shape index (κ3) is 8.68. The first-order valence-corrected chi connectivity index (χ1v) is 5.95. The second-order valence-electron chi connectivity index (χ2n) is 5.34. The van der Waals surface area contributed by atoms with E-state index in [1.807, 2.05) is 20.8 Å². The van der Waals surface area contributed by atoms with Gasteiger partial charge in [-0.05, 0) is 11.8 Å². The van der Waals surface area contributed by atoms with Gasteiger partial charge in [0.15, 0.2) is 0 Å². The molecule has 0 saturated carbocycles. The predicted molar refractivity (Wildman–Crippen MR) is 66.4 cm³/mol. The first-order chi connectivity index (χ1) is 7.78. The van der Waals surface area contributed by atoms with E-state index in [2.05, 4.69) is 10.6 Å². The fraction of sp³-hybridized carbons (Fsp3) is 0.833. The van der Waals surface area contributed by atoms with Crippen LogP contribution in [0.3, 0.4) is 0 Å². The molecule has 0 aliphatic rings. The maximum Gasteiger partial charge on any atom is 0.239 e. The number of amides is 2. The summed E-state index contributed by atoms with van der Waals surface area (Å²) in [5, 5.41) is 14.4. The number of hydrogen-bond acceptors (Lipinski definition) is 3. The molecule has 3 N–H and O–H groups in total. The lowest BCUT2D eigenvalue weighted by Gasteiger charge is -2.25. The van der Waals surface area contributed by atoms with Gasteiger partial charge in [0.05, 0.1) is 19.2 Å². The summed E-state index contributed by atoms with van der Waals surface area (Å²) in [6.45, 7) is 7.73. The summed E-state index contributed by atoms with van der Waals surface area (Å²) in [4.78, 5) is 22.4. The molecule has 0 heterocycles. The maximum absolute atomic E-state index is 11.5. The van der Waals surface area contributed by atoms with Gasteiger partial charge in [-0.3, -0.25) is 9.59 Å². The van der Waals surface area contributed by atoms with Crippen LogP contribution >= 0.6 is 0 Å². The molecular formula is C12H24N2O3. The van der Waals surface area contributed by atoms with Crippen molar-refractivity contribution in [2.24, 2.45) is 5.41 Å². The largest absolute Gasteiger partial charge is 0.394 e. The van der Waals surface area contributed by atoms with Gasteiger partial charge in [0.2, 0.25) is 11.8 Å². The van der Waals surface area contributed by atoms with Crippen LogP contribution in [0.4, 0.5) is 0 Å². The van der Waals surface area contributed by atoms with E-state index in [4.69, 9.17) is 5.11 Å². The Morgan fingerprint density at radius 1 is 1.24 bits per heavy atom. The molecule has 5 heteroatoms. The van der Waals surface area contributed by atoms with E-state index >= 15 is 0 Å². The van der Waals surface area contributed by atoms with Crippen LogP contribution in [-0.2, 0) is 9.59 Å². The Bertz CT molecular complexity index is 259. The van der Waals surface area contributed by atoms with Crippen LogP contribution in [0.15, 0.2) is 0 Å². The van der Waals surface area contributed by atoms with Crippen molar-refractivity contribution in [1.29, 1.82) is 0 Å². The topological polar surface area (TPSA) is 78.4 Å². The second kappa shape index (κ2) is 7.27. The number of carbonyl (C=O) groups excluding carboxylic acids is 2. The van der Waals surface area contributed by atoms with Crippen LogP contribution < -0.4 is 10.6 Å². The van der Waals surface area contributed by atoms with E-state index in [-0.39, 0.29) is 36.4 Å². The third-order valence-corrected chi connectivity index (χ3v) is 2.21. The first-order valence-electron chi connectivity index (χ1n) is 5.95. The molecule has 0 aromatic carbocycles. The van der Waals surface area contributed by atoms with E-state index in [1.54, 1.807) is 6.92 Å². The summed E-state index contributed by atoms with van der Waals surface area (Å²) in [6, 6.07) is -0.263.